The van der Waals surface area contributed by atoms with Crippen LogP contribution in [0.1, 0.15) is 9.67 Å². The Balaban J connectivity index is 1.54. The van der Waals surface area contributed by atoms with Crippen LogP contribution >= 0.6 is 22.9 Å². The highest BCUT2D eigenvalue weighted by Crippen LogP contribution is 2.28. The van der Waals surface area contributed by atoms with E-state index in [9.17, 15) is 4.79 Å². The van der Waals surface area contributed by atoms with Crippen LogP contribution < -0.4 is 4.90 Å². The Morgan fingerprint density at radius 2 is 1.96 bits per heavy atom. The number of piperazine rings is 1. The Labute approximate surface area is 147 Å². The molecule has 3 aromatic rings. The molecule has 0 aromatic carbocycles. The lowest BCUT2D eigenvalue weighted by Crippen LogP contribution is -2.49. The van der Waals surface area contributed by atoms with Crippen molar-refractivity contribution in [3.05, 3.63) is 46.0 Å². The summed E-state index contributed by atoms with van der Waals surface area (Å²) in [7, 11) is 0. The van der Waals surface area contributed by atoms with E-state index in [-0.39, 0.29) is 5.91 Å². The van der Waals surface area contributed by atoms with Crippen molar-refractivity contribution in [2.24, 2.45) is 0 Å². The SMILES string of the molecule is O=C(c1cccs1)N1CCN(c2nnc(Cl)c3cnccc23)CC1. The molecule has 24 heavy (non-hydrogen) atoms. The van der Waals surface area contributed by atoms with Gasteiger partial charge in [0, 0.05) is 49.3 Å². The van der Waals surface area contributed by atoms with Gasteiger partial charge in [0.15, 0.2) is 11.0 Å². The van der Waals surface area contributed by atoms with Crippen LogP contribution in [0, 0.1) is 0 Å². The summed E-state index contributed by atoms with van der Waals surface area (Å²) in [6.07, 6.45) is 3.42. The van der Waals surface area contributed by atoms with Crippen LogP contribution in [-0.4, -0.2) is 52.2 Å². The number of anilines is 1. The smallest absolute Gasteiger partial charge is 0.264 e. The summed E-state index contributed by atoms with van der Waals surface area (Å²) in [4.78, 5) is 21.3. The van der Waals surface area contributed by atoms with Crippen molar-refractivity contribution >= 4 is 45.4 Å². The zero-order chi connectivity index (χ0) is 16.5. The minimum Gasteiger partial charge on any atom is -0.351 e. The van der Waals surface area contributed by atoms with Crippen molar-refractivity contribution in [1.29, 1.82) is 0 Å². The number of nitrogens with zero attached hydrogens (tertiary/aromatic N) is 5. The number of aromatic nitrogens is 3. The van der Waals surface area contributed by atoms with Gasteiger partial charge in [0.25, 0.3) is 5.91 Å². The highest BCUT2D eigenvalue weighted by molar-refractivity contribution is 7.12. The van der Waals surface area contributed by atoms with Crippen LogP contribution in [0.2, 0.25) is 5.15 Å². The first kappa shape index (κ1) is 15.3. The molecular weight excluding hydrogens is 346 g/mol. The van der Waals surface area contributed by atoms with Gasteiger partial charge >= 0.3 is 0 Å². The van der Waals surface area contributed by atoms with Gasteiger partial charge in [-0.25, -0.2) is 0 Å². The van der Waals surface area contributed by atoms with Crippen molar-refractivity contribution in [2.45, 2.75) is 0 Å². The average Bonchev–Trinajstić information content (AvgIpc) is 3.17. The summed E-state index contributed by atoms with van der Waals surface area (Å²) < 4.78 is 0. The van der Waals surface area contributed by atoms with E-state index in [1.165, 1.54) is 11.3 Å². The molecule has 0 saturated carbocycles. The molecule has 1 aliphatic rings. The second-order valence-corrected chi connectivity index (χ2v) is 6.80. The number of fused-ring (bicyclic) bond motifs is 1. The van der Waals surface area contributed by atoms with E-state index in [1.54, 1.807) is 12.4 Å². The third-order valence-corrected chi connectivity index (χ3v) is 5.25. The molecule has 8 heteroatoms. The number of carbonyl (C=O) groups excluding carboxylic acids is 1. The van der Waals surface area contributed by atoms with Crippen molar-refractivity contribution in [1.82, 2.24) is 20.1 Å². The third kappa shape index (κ3) is 2.70. The summed E-state index contributed by atoms with van der Waals surface area (Å²) in [5.41, 5.74) is 0. The molecule has 0 spiro atoms. The highest BCUT2D eigenvalue weighted by Gasteiger charge is 2.24. The highest BCUT2D eigenvalue weighted by atomic mass is 35.5. The minimum atomic E-state index is 0.0981. The first-order valence-corrected chi connectivity index (χ1v) is 8.83. The molecule has 122 valence electrons. The van der Waals surface area contributed by atoms with Crippen LogP contribution in [0.4, 0.5) is 5.82 Å². The van der Waals surface area contributed by atoms with Gasteiger partial charge in [0.05, 0.1) is 4.88 Å². The third-order valence-electron chi connectivity index (χ3n) is 4.12. The lowest BCUT2D eigenvalue weighted by atomic mass is 10.2. The molecule has 6 nitrogen and oxygen atoms in total. The number of amides is 1. The summed E-state index contributed by atoms with van der Waals surface area (Å²) in [5, 5.41) is 12.3. The molecule has 0 aliphatic carbocycles. The summed E-state index contributed by atoms with van der Waals surface area (Å²) in [6.45, 7) is 2.75. The predicted molar refractivity (Wildman–Crippen MR) is 94.8 cm³/mol. The number of halogens is 1. The number of carbonyl (C=O) groups is 1. The standard InChI is InChI=1S/C16H14ClN5OS/c17-14-12-10-18-4-3-11(12)15(20-19-14)21-5-7-22(8-6-21)16(23)13-2-1-9-24-13/h1-4,9-10H,5-8H2. The van der Waals surface area contributed by atoms with Crippen molar-refractivity contribution < 1.29 is 4.79 Å². The van der Waals surface area contributed by atoms with E-state index < -0.39 is 0 Å². The fourth-order valence-electron chi connectivity index (χ4n) is 2.86. The number of pyridine rings is 1. The molecule has 0 radical (unpaired) electrons. The van der Waals surface area contributed by atoms with Crippen LogP contribution in [0.25, 0.3) is 10.8 Å². The van der Waals surface area contributed by atoms with Gasteiger partial charge in [-0.2, -0.15) is 0 Å². The molecule has 1 aliphatic heterocycles. The van der Waals surface area contributed by atoms with E-state index in [0.717, 1.165) is 21.5 Å². The molecule has 3 aromatic heterocycles. The molecule has 0 unspecified atom stereocenters. The molecule has 1 fully saturated rings. The largest absolute Gasteiger partial charge is 0.351 e. The van der Waals surface area contributed by atoms with E-state index in [1.807, 2.05) is 28.5 Å². The molecule has 0 bridgehead atoms. The summed E-state index contributed by atoms with van der Waals surface area (Å²) in [5.74, 6) is 0.890. The summed E-state index contributed by atoms with van der Waals surface area (Å²) >= 11 is 7.58. The topological polar surface area (TPSA) is 62.2 Å². The van der Waals surface area contributed by atoms with Crippen molar-refractivity contribution in [3.63, 3.8) is 0 Å². The first-order valence-electron chi connectivity index (χ1n) is 7.57. The second-order valence-electron chi connectivity index (χ2n) is 5.49. The Hall–Kier alpha value is -2.25. The molecule has 4 rings (SSSR count). The normalized spacial score (nSPS) is 15.0. The predicted octanol–water partition coefficient (Wildman–Crippen LogP) is 2.70. The van der Waals surface area contributed by atoms with Crippen molar-refractivity contribution in [3.8, 4) is 0 Å². The lowest BCUT2D eigenvalue weighted by molar-refractivity contribution is 0.0751. The lowest BCUT2D eigenvalue weighted by Gasteiger charge is -2.35. The van der Waals surface area contributed by atoms with E-state index >= 15 is 0 Å². The fraction of sp³-hybridized carbons (Fsp3) is 0.250. The minimum absolute atomic E-state index is 0.0981. The molecule has 1 saturated heterocycles. The van der Waals surface area contributed by atoms with Gasteiger partial charge in [0.2, 0.25) is 0 Å². The maximum Gasteiger partial charge on any atom is 0.264 e. The quantitative estimate of drug-likeness (QED) is 0.704. The zero-order valence-corrected chi connectivity index (χ0v) is 14.3. The second kappa shape index (κ2) is 6.33. The Morgan fingerprint density at radius 3 is 2.71 bits per heavy atom. The number of thiophene rings is 1. The number of hydrogen-bond donors (Lipinski definition) is 0. The van der Waals surface area contributed by atoms with Gasteiger partial charge in [0.1, 0.15) is 0 Å². The summed E-state index contributed by atoms with van der Waals surface area (Å²) in [6, 6.07) is 5.66. The molecule has 1 amide bonds. The van der Waals surface area contributed by atoms with Gasteiger partial charge in [-0.3, -0.25) is 9.78 Å². The Morgan fingerprint density at radius 1 is 1.12 bits per heavy atom. The van der Waals surface area contributed by atoms with Crippen LogP contribution in [0.15, 0.2) is 36.0 Å². The van der Waals surface area contributed by atoms with Crippen LogP contribution in [0.3, 0.4) is 0 Å². The fourth-order valence-corrected chi connectivity index (χ4v) is 3.74. The maximum absolute atomic E-state index is 12.4. The Kier molecular flexibility index (Phi) is 4.03. The molecule has 0 atom stereocenters. The van der Waals surface area contributed by atoms with Gasteiger partial charge in [-0.05, 0) is 17.5 Å². The van der Waals surface area contributed by atoms with Gasteiger partial charge in [-0.15, -0.1) is 21.5 Å². The Bertz CT molecular complexity index is 877. The monoisotopic (exact) mass is 359 g/mol. The molecular formula is C16H14ClN5OS. The van der Waals surface area contributed by atoms with Crippen molar-refractivity contribution in [2.75, 3.05) is 31.1 Å². The molecule has 4 heterocycles. The first-order chi connectivity index (χ1) is 11.7. The van der Waals surface area contributed by atoms with Crippen LogP contribution in [-0.2, 0) is 0 Å². The van der Waals surface area contributed by atoms with Gasteiger partial charge < -0.3 is 9.80 Å². The van der Waals surface area contributed by atoms with Crippen LogP contribution in [0.5, 0.6) is 0 Å². The average molecular weight is 360 g/mol. The number of hydrogen-bond acceptors (Lipinski definition) is 6. The van der Waals surface area contributed by atoms with Gasteiger partial charge in [-0.1, -0.05) is 17.7 Å². The molecule has 0 N–H and O–H groups in total. The van der Waals surface area contributed by atoms with E-state index in [4.69, 9.17) is 11.6 Å². The maximum atomic E-state index is 12.4. The zero-order valence-electron chi connectivity index (χ0n) is 12.7. The van der Waals surface area contributed by atoms with E-state index in [0.29, 0.717) is 31.3 Å². The van der Waals surface area contributed by atoms with E-state index in [2.05, 4.69) is 20.1 Å². The number of rotatable bonds is 2.